The minimum atomic E-state index is 0.353. The van der Waals surface area contributed by atoms with Crippen molar-refractivity contribution >= 4 is 12.6 Å². The summed E-state index contributed by atoms with van der Waals surface area (Å²) in [7, 11) is 0. The second kappa shape index (κ2) is 10.3. The molecule has 1 N–H and O–H groups in total. The Balaban J connectivity index is 2.69. The van der Waals surface area contributed by atoms with Crippen molar-refractivity contribution in [2.75, 3.05) is 12.4 Å². The van der Waals surface area contributed by atoms with Crippen LogP contribution in [0.1, 0.15) is 44.9 Å². The maximum atomic E-state index is 8.49. The van der Waals surface area contributed by atoms with Gasteiger partial charge in [0.15, 0.2) is 0 Å². The number of hydrogen-bond donors (Lipinski definition) is 1. The van der Waals surface area contributed by atoms with Crippen LogP contribution in [0.2, 0.25) is 0 Å². The highest BCUT2D eigenvalue weighted by molar-refractivity contribution is 7.58. The molecule has 68 valence electrons. The summed E-state index contributed by atoms with van der Waals surface area (Å²) in [6, 6.07) is 0. The molecule has 0 saturated carbocycles. The first kappa shape index (κ1) is 11.3. The van der Waals surface area contributed by atoms with Gasteiger partial charge in [0.05, 0.1) is 0 Å². The van der Waals surface area contributed by atoms with Gasteiger partial charge in [-0.05, 0) is 6.42 Å². The highest BCUT2D eigenvalue weighted by Gasteiger charge is 1.88. The van der Waals surface area contributed by atoms with E-state index in [4.69, 9.17) is 17.7 Å². The number of rotatable bonds is 8. The van der Waals surface area contributed by atoms with Crippen LogP contribution in [0.5, 0.6) is 0 Å². The van der Waals surface area contributed by atoms with Crippen LogP contribution in [0.3, 0.4) is 0 Å². The quantitative estimate of drug-likeness (QED) is 0.451. The second-order valence-corrected chi connectivity index (χ2v) is 3.31. The van der Waals surface area contributed by atoms with E-state index in [1.54, 1.807) is 0 Å². The van der Waals surface area contributed by atoms with Gasteiger partial charge in [-0.1, -0.05) is 38.5 Å². The summed E-state index contributed by atoms with van der Waals surface area (Å²) in [4.78, 5) is 0. The van der Waals surface area contributed by atoms with Crippen molar-refractivity contribution in [2.45, 2.75) is 44.9 Å². The molecule has 2 heteroatoms. The number of unbranched alkanes of at least 4 members (excludes halogenated alkanes) is 6. The van der Waals surface area contributed by atoms with Crippen molar-refractivity contribution in [3.05, 3.63) is 0 Å². The molecule has 0 heterocycles. The molecule has 1 nitrogen and oxygen atoms in total. The molecule has 0 aliphatic carbocycles. The van der Waals surface area contributed by atoms with Crippen molar-refractivity contribution in [1.29, 1.82) is 0 Å². The fourth-order valence-corrected chi connectivity index (χ4v) is 1.30. The number of hydrogen-bond acceptors (Lipinski definition) is 2. The minimum absolute atomic E-state index is 0.353. The van der Waals surface area contributed by atoms with E-state index in [0.29, 0.717) is 6.61 Å². The Hall–Kier alpha value is 0.310. The van der Waals surface area contributed by atoms with Crippen molar-refractivity contribution in [2.24, 2.45) is 0 Å². The van der Waals surface area contributed by atoms with E-state index in [2.05, 4.69) is 0 Å². The van der Waals surface area contributed by atoms with Gasteiger partial charge in [0.2, 0.25) is 0 Å². The monoisotopic (exact) mass is 175 g/mol. The zero-order valence-electron chi connectivity index (χ0n) is 7.22. The van der Waals surface area contributed by atoms with E-state index in [0.717, 1.165) is 12.2 Å². The molecule has 0 rings (SSSR count). The predicted molar refractivity (Wildman–Crippen MR) is 51.6 cm³/mol. The lowest BCUT2D eigenvalue weighted by Gasteiger charge is -2.02. The molecule has 0 spiro atoms. The summed E-state index contributed by atoms with van der Waals surface area (Å²) in [5, 5.41) is 8.49. The maximum Gasteiger partial charge on any atom is 0.0431 e. The van der Waals surface area contributed by atoms with Crippen LogP contribution >= 0.6 is 0 Å². The summed E-state index contributed by atoms with van der Waals surface area (Å²) in [5.74, 6) is 0.913. The smallest absolute Gasteiger partial charge is 0.0431 e. The highest BCUT2D eigenvalue weighted by atomic mass is 32.1. The second-order valence-electron chi connectivity index (χ2n) is 2.90. The molecule has 0 saturated heterocycles. The van der Waals surface area contributed by atoms with E-state index >= 15 is 0 Å². The lowest BCUT2D eigenvalue weighted by atomic mass is 10.1. The van der Waals surface area contributed by atoms with Gasteiger partial charge < -0.3 is 17.7 Å². The minimum Gasteiger partial charge on any atom is -0.793 e. The van der Waals surface area contributed by atoms with Crippen molar-refractivity contribution in [1.82, 2.24) is 0 Å². The Bertz CT molecular complexity index is 58.6. The van der Waals surface area contributed by atoms with Crippen LogP contribution in [0.15, 0.2) is 0 Å². The predicted octanol–water partition coefficient (Wildman–Crippen LogP) is 2.26. The van der Waals surface area contributed by atoms with Gasteiger partial charge in [-0.25, -0.2) is 0 Å². The maximum absolute atomic E-state index is 8.49. The first-order valence-electron chi connectivity index (χ1n) is 4.60. The molecule has 0 fully saturated rings. The largest absolute Gasteiger partial charge is 0.793 e. The third kappa shape index (κ3) is 10.3. The van der Waals surface area contributed by atoms with Crippen LogP contribution in [0.4, 0.5) is 0 Å². The first-order chi connectivity index (χ1) is 5.41. The van der Waals surface area contributed by atoms with Crippen LogP contribution < -0.4 is 0 Å². The molecule has 0 atom stereocenters. The van der Waals surface area contributed by atoms with Crippen LogP contribution in [-0.4, -0.2) is 17.5 Å². The Morgan fingerprint density at radius 2 is 1.18 bits per heavy atom. The van der Waals surface area contributed by atoms with E-state index < -0.39 is 0 Å². The van der Waals surface area contributed by atoms with Crippen LogP contribution in [-0.2, 0) is 12.6 Å². The van der Waals surface area contributed by atoms with Gasteiger partial charge in [0.25, 0.3) is 0 Å². The van der Waals surface area contributed by atoms with Gasteiger partial charge in [-0.2, -0.15) is 5.75 Å². The van der Waals surface area contributed by atoms with Gasteiger partial charge in [-0.3, -0.25) is 0 Å². The number of aliphatic hydroxyl groups excluding tert-OH is 1. The standard InChI is InChI=1S/C9H20OS/c10-8-6-4-2-1-3-5-7-9-11/h10-11H,1-9H2/p-1. The van der Waals surface area contributed by atoms with Crippen molar-refractivity contribution in [3.63, 3.8) is 0 Å². The van der Waals surface area contributed by atoms with Gasteiger partial charge in [0.1, 0.15) is 0 Å². The molecular formula is C9H19OS-. The third-order valence-corrected chi connectivity index (χ3v) is 2.09. The normalized spacial score (nSPS) is 10.4. The molecule has 0 aromatic heterocycles. The van der Waals surface area contributed by atoms with E-state index in [-0.39, 0.29) is 0 Å². The topological polar surface area (TPSA) is 20.2 Å². The van der Waals surface area contributed by atoms with Crippen molar-refractivity contribution in [3.8, 4) is 0 Å². The van der Waals surface area contributed by atoms with Gasteiger partial charge in [0, 0.05) is 6.61 Å². The molecule has 0 radical (unpaired) electrons. The Kier molecular flexibility index (Phi) is 10.6. The van der Waals surface area contributed by atoms with Crippen molar-refractivity contribution < 1.29 is 5.11 Å². The highest BCUT2D eigenvalue weighted by Crippen LogP contribution is 2.06. The molecule has 0 bridgehead atoms. The molecule has 0 aromatic carbocycles. The number of aliphatic hydroxyl groups is 1. The Labute approximate surface area is 75.6 Å². The fraction of sp³-hybridized carbons (Fsp3) is 1.00. The summed E-state index contributed by atoms with van der Waals surface area (Å²) in [6.07, 6.45) is 8.57. The molecule has 0 aliphatic rings. The molecule has 0 aliphatic heterocycles. The summed E-state index contributed by atoms with van der Waals surface area (Å²) < 4.78 is 0. The molecule has 11 heavy (non-hydrogen) atoms. The van der Waals surface area contributed by atoms with Gasteiger partial charge in [-0.15, -0.1) is 0 Å². The molecule has 0 unspecified atom stereocenters. The van der Waals surface area contributed by atoms with Gasteiger partial charge >= 0.3 is 0 Å². The third-order valence-electron chi connectivity index (χ3n) is 1.80. The van der Waals surface area contributed by atoms with E-state index in [1.807, 2.05) is 0 Å². The van der Waals surface area contributed by atoms with Crippen LogP contribution in [0.25, 0.3) is 0 Å². The first-order valence-corrected chi connectivity index (χ1v) is 5.18. The Morgan fingerprint density at radius 1 is 0.727 bits per heavy atom. The molecular weight excluding hydrogens is 156 g/mol. The zero-order valence-corrected chi connectivity index (χ0v) is 8.04. The van der Waals surface area contributed by atoms with E-state index in [9.17, 15) is 0 Å². The molecule has 0 aromatic rings. The molecule has 0 amide bonds. The SMILES string of the molecule is OCCCCCCCCC[S-]. The average molecular weight is 175 g/mol. The lowest BCUT2D eigenvalue weighted by molar-refractivity contribution is 0.282. The van der Waals surface area contributed by atoms with Crippen LogP contribution in [0, 0.1) is 0 Å². The summed E-state index contributed by atoms with van der Waals surface area (Å²) >= 11 is 4.84. The average Bonchev–Trinajstić information content (AvgIpc) is 2.03. The summed E-state index contributed by atoms with van der Waals surface area (Å²) in [5.41, 5.74) is 0. The zero-order chi connectivity index (χ0) is 8.36. The van der Waals surface area contributed by atoms with E-state index in [1.165, 1.54) is 38.5 Å². The fourth-order valence-electron chi connectivity index (χ4n) is 1.10. The Morgan fingerprint density at radius 3 is 1.64 bits per heavy atom. The summed E-state index contributed by atoms with van der Waals surface area (Å²) in [6.45, 7) is 0.353. The lowest BCUT2D eigenvalue weighted by Crippen LogP contribution is -1.84.